The SMILES string of the molecule is CC(C)CCN1CC(Cc2ccccc2)NCC1(C)C. The van der Waals surface area contributed by atoms with Gasteiger partial charge in [-0.15, -0.1) is 0 Å². The first-order valence-corrected chi connectivity index (χ1v) is 8.00. The summed E-state index contributed by atoms with van der Waals surface area (Å²) in [7, 11) is 0. The molecule has 2 heteroatoms. The topological polar surface area (TPSA) is 15.3 Å². The zero-order valence-corrected chi connectivity index (χ0v) is 13.5. The fraction of sp³-hybridized carbons (Fsp3) is 0.667. The van der Waals surface area contributed by atoms with Crippen molar-refractivity contribution in [1.29, 1.82) is 0 Å². The highest BCUT2D eigenvalue weighted by Gasteiger charge is 2.33. The molecule has 1 fully saturated rings. The summed E-state index contributed by atoms with van der Waals surface area (Å²) in [4.78, 5) is 2.68. The number of nitrogens with zero attached hydrogens (tertiary/aromatic N) is 1. The van der Waals surface area contributed by atoms with E-state index < -0.39 is 0 Å². The first-order chi connectivity index (χ1) is 9.47. The largest absolute Gasteiger partial charge is 0.311 e. The lowest BCUT2D eigenvalue weighted by Crippen LogP contribution is -2.62. The molecule has 1 aromatic rings. The molecule has 1 atom stereocenters. The van der Waals surface area contributed by atoms with Gasteiger partial charge in [0.1, 0.15) is 0 Å². The molecule has 0 aliphatic carbocycles. The molecule has 1 N–H and O–H groups in total. The summed E-state index contributed by atoms with van der Waals surface area (Å²) < 4.78 is 0. The molecule has 20 heavy (non-hydrogen) atoms. The van der Waals surface area contributed by atoms with E-state index in [9.17, 15) is 0 Å². The number of hydrogen-bond donors (Lipinski definition) is 1. The molecule has 1 saturated heterocycles. The van der Waals surface area contributed by atoms with Gasteiger partial charge < -0.3 is 5.32 Å². The molecule has 1 aliphatic rings. The highest BCUT2D eigenvalue weighted by Crippen LogP contribution is 2.21. The first-order valence-electron chi connectivity index (χ1n) is 8.00. The smallest absolute Gasteiger partial charge is 0.0278 e. The van der Waals surface area contributed by atoms with Gasteiger partial charge in [-0.05, 0) is 44.7 Å². The van der Waals surface area contributed by atoms with Crippen LogP contribution in [0.3, 0.4) is 0 Å². The Hall–Kier alpha value is -0.860. The van der Waals surface area contributed by atoms with Crippen molar-refractivity contribution < 1.29 is 0 Å². The zero-order chi connectivity index (χ0) is 14.6. The quantitative estimate of drug-likeness (QED) is 0.886. The van der Waals surface area contributed by atoms with Gasteiger partial charge in [-0.3, -0.25) is 4.90 Å². The molecule has 1 aliphatic heterocycles. The number of benzene rings is 1. The maximum Gasteiger partial charge on any atom is 0.0278 e. The van der Waals surface area contributed by atoms with Crippen LogP contribution in [-0.2, 0) is 6.42 Å². The molecule has 0 bridgehead atoms. The average molecular weight is 274 g/mol. The molecule has 2 nitrogen and oxygen atoms in total. The van der Waals surface area contributed by atoms with Crippen LogP contribution >= 0.6 is 0 Å². The van der Waals surface area contributed by atoms with Crippen molar-refractivity contribution in [3.63, 3.8) is 0 Å². The number of rotatable bonds is 5. The highest BCUT2D eigenvalue weighted by atomic mass is 15.3. The summed E-state index contributed by atoms with van der Waals surface area (Å²) in [6, 6.07) is 11.4. The van der Waals surface area contributed by atoms with Crippen molar-refractivity contribution in [2.24, 2.45) is 5.92 Å². The van der Waals surface area contributed by atoms with E-state index in [-0.39, 0.29) is 5.54 Å². The third-order valence-corrected chi connectivity index (χ3v) is 4.42. The van der Waals surface area contributed by atoms with Gasteiger partial charge >= 0.3 is 0 Å². The summed E-state index contributed by atoms with van der Waals surface area (Å²) in [6.07, 6.45) is 2.43. The lowest BCUT2D eigenvalue weighted by molar-refractivity contribution is 0.0617. The van der Waals surface area contributed by atoms with Crippen molar-refractivity contribution in [2.75, 3.05) is 19.6 Å². The summed E-state index contributed by atoms with van der Waals surface area (Å²) in [5.41, 5.74) is 1.72. The lowest BCUT2D eigenvalue weighted by Gasteiger charge is -2.46. The second-order valence-electron chi connectivity index (χ2n) is 7.21. The van der Waals surface area contributed by atoms with Crippen molar-refractivity contribution in [1.82, 2.24) is 10.2 Å². The third-order valence-electron chi connectivity index (χ3n) is 4.42. The molecule has 2 rings (SSSR count). The highest BCUT2D eigenvalue weighted by molar-refractivity contribution is 5.16. The normalized spacial score (nSPS) is 23.1. The minimum Gasteiger partial charge on any atom is -0.311 e. The van der Waals surface area contributed by atoms with Crippen LogP contribution < -0.4 is 5.32 Å². The predicted octanol–water partition coefficient (Wildman–Crippen LogP) is 3.33. The Morgan fingerprint density at radius 3 is 2.60 bits per heavy atom. The third kappa shape index (κ3) is 4.32. The van der Waals surface area contributed by atoms with Crippen molar-refractivity contribution >= 4 is 0 Å². The van der Waals surface area contributed by atoms with Gasteiger partial charge in [-0.1, -0.05) is 44.2 Å². The average Bonchev–Trinajstić information content (AvgIpc) is 2.40. The van der Waals surface area contributed by atoms with Gasteiger partial charge in [0.15, 0.2) is 0 Å². The molecular weight excluding hydrogens is 244 g/mol. The van der Waals surface area contributed by atoms with Crippen LogP contribution in [0.4, 0.5) is 0 Å². The van der Waals surface area contributed by atoms with Gasteiger partial charge in [0.2, 0.25) is 0 Å². The Bertz CT molecular complexity index is 397. The molecule has 0 aromatic heterocycles. The molecule has 1 aromatic carbocycles. The van der Waals surface area contributed by atoms with E-state index in [1.54, 1.807) is 0 Å². The standard InChI is InChI=1S/C18H30N2/c1-15(2)10-11-20-13-17(19-14-18(20,3)4)12-16-8-6-5-7-9-16/h5-9,15,17,19H,10-14H2,1-4H3. The summed E-state index contributed by atoms with van der Waals surface area (Å²) in [5.74, 6) is 0.785. The second-order valence-corrected chi connectivity index (χ2v) is 7.21. The molecule has 112 valence electrons. The fourth-order valence-electron chi connectivity index (χ4n) is 2.93. The summed E-state index contributed by atoms with van der Waals surface area (Å²) in [6.45, 7) is 12.8. The van der Waals surface area contributed by atoms with E-state index in [1.165, 1.54) is 18.5 Å². The Labute approximate surface area is 124 Å². The summed E-state index contributed by atoms with van der Waals surface area (Å²) >= 11 is 0. The monoisotopic (exact) mass is 274 g/mol. The minimum absolute atomic E-state index is 0.280. The molecule has 0 spiro atoms. The molecule has 0 saturated carbocycles. The van der Waals surface area contributed by atoms with Gasteiger partial charge in [-0.2, -0.15) is 0 Å². The van der Waals surface area contributed by atoms with Crippen LogP contribution in [0.5, 0.6) is 0 Å². The Morgan fingerprint density at radius 1 is 1.25 bits per heavy atom. The van der Waals surface area contributed by atoms with Crippen LogP contribution in [0.2, 0.25) is 0 Å². The second kappa shape index (κ2) is 6.73. The van der Waals surface area contributed by atoms with Gasteiger partial charge in [0.05, 0.1) is 0 Å². The number of nitrogens with one attached hydrogen (secondary N) is 1. The summed E-state index contributed by atoms with van der Waals surface area (Å²) in [5, 5.41) is 3.73. The Balaban J connectivity index is 1.93. The predicted molar refractivity (Wildman–Crippen MR) is 87.0 cm³/mol. The van der Waals surface area contributed by atoms with Crippen LogP contribution in [0.15, 0.2) is 30.3 Å². The zero-order valence-electron chi connectivity index (χ0n) is 13.5. The van der Waals surface area contributed by atoms with Crippen LogP contribution in [0.25, 0.3) is 0 Å². The van der Waals surface area contributed by atoms with E-state index >= 15 is 0 Å². The Kier molecular flexibility index (Phi) is 5.22. The van der Waals surface area contributed by atoms with Gasteiger partial charge in [0.25, 0.3) is 0 Å². The molecule has 1 heterocycles. The molecule has 0 amide bonds. The van der Waals surface area contributed by atoms with Crippen molar-refractivity contribution in [2.45, 2.75) is 52.1 Å². The van der Waals surface area contributed by atoms with Crippen LogP contribution in [-0.4, -0.2) is 36.1 Å². The van der Waals surface area contributed by atoms with Crippen molar-refractivity contribution in [3.8, 4) is 0 Å². The van der Waals surface area contributed by atoms with Gasteiger partial charge in [0, 0.05) is 24.7 Å². The van der Waals surface area contributed by atoms with Crippen molar-refractivity contribution in [3.05, 3.63) is 35.9 Å². The first kappa shape index (κ1) is 15.5. The van der Waals surface area contributed by atoms with E-state index in [4.69, 9.17) is 0 Å². The maximum absolute atomic E-state index is 3.73. The van der Waals surface area contributed by atoms with Crippen LogP contribution in [0, 0.1) is 5.92 Å². The maximum atomic E-state index is 3.73. The van der Waals surface area contributed by atoms with E-state index in [0.29, 0.717) is 6.04 Å². The van der Waals surface area contributed by atoms with Crippen LogP contribution in [0.1, 0.15) is 39.7 Å². The van der Waals surface area contributed by atoms with Gasteiger partial charge in [-0.25, -0.2) is 0 Å². The fourth-order valence-corrected chi connectivity index (χ4v) is 2.93. The van der Waals surface area contributed by atoms with E-state index in [0.717, 1.165) is 25.4 Å². The molecule has 0 radical (unpaired) electrons. The van der Waals surface area contributed by atoms with E-state index in [1.807, 2.05) is 0 Å². The van der Waals surface area contributed by atoms with E-state index in [2.05, 4.69) is 68.2 Å². The molecular formula is C18H30N2. The Morgan fingerprint density at radius 2 is 1.95 bits per heavy atom. The minimum atomic E-state index is 0.280. The molecule has 1 unspecified atom stereocenters. The number of piperazine rings is 1. The lowest BCUT2D eigenvalue weighted by atomic mass is 9.93. The number of hydrogen-bond acceptors (Lipinski definition) is 2.